The van der Waals surface area contributed by atoms with Crippen LogP contribution in [0.1, 0.15) is 16.7 Å². The van der Waals surface area contributed by atoms with E-state index in [2.05, 4.69) is 9.71 Å². The van der Waals surface area contributed by atoms with E-state index in [0.29, 0.717) is 17.9 Å². The summed E-state index contributed by atoms with van der Waals surface area (Å²) in [6.07, 6.45) is 1.53. The van der Waals surface area contributed by atoms with Gasteiger partial charge in [-0.1, -0.05) is 12.1 Å². The molecule has 5 nitrogen and oxygen atoms in total. The minimum atomic E-state index is -3.67. The van der Waals surface area contributed by atoms with E-state index >= 15 is 0 Å². The minimum Gasteiger partial charge on any atom is -0.326 e. The molecule has 0 bridgehead atoms. The summed E-state index contributed by atoms with van der Waals surface area (Å²) in [5, 5.41) is 0. The van der Waals surface area contributed by atoms with Crippen molar-refractivity contribution >= 4 is 15.8 Å². The summed E-state index contributed by atoms with van der Waals surface area (Å²) in [7, 11) is -3.67. The van der Waals surface area contributed by atoms with Crippen LogP contribution in [0.2, 0.25) is 0 Å². The molecule has 0 saturated carbocycles. The number of aromatic nitrogens is 1. The van der Waals surface area contributed by atoms with Crippen LogP contribution in [0.15, 0.2) is 41.4 Å². The maximum atomic E-state index is 12.5. The molecule has 0 saturated heterocycles. The molecule has 0 spiro atoms. The molecule has 3 N–H and O–H groups in total. The molecule has 0 radical (unpaired) electrons. The molecule has 6 heteroatoms. The first kappa shape index (κ1) is 14.5. The van der Waals surface area contributed by atoms with Gasteiger partial charge in [0.25, 0.3) is 10.0 Å². The van der Waals surface area contributed by atoms with Crippen molar-refractivity contribution in [2.24, 2.45) is 5.73 Å². The third-order valence-corrected chi connectivity index (χ3v) is 4.59. The molecular formula is C14H17N3O2S. The summed E-state index contributed by atoms with van der Waals surface area (Å²) in [5.74, 6) is 0.294. The van der Waals surface area contributed by atoms with Gasteiger partial charge in [-0.25, -0.2) is 13.4 Å². The molecule has 1 heterocycles. The minimum absolute atomic E-state index is 0.239. The van der Waals surface area contributed by atoms with Crippen molar-refractivity contribution in [3.63, 3.8) is 0 Å². The van der Waals surface area contributed by atoms with E-state index < -0.39 is 10.0 Å². The quantitative estimate of drug-likeness (QED) is 0.901. The van der Waals surface area contributed by atoms with Crippen molar-refractivity contribution in [3.05, 3.63) is 53.2 Å². The summed E-state index contributed by atoms with van der Waals surface area (Å²) in [5.41, 5.74) is 8.00. The topological polar surface area (TPSA) is 85.1 Å². The van der Waals surface area contributed by atoms with Gasteiger partial charge in [0, 0.05) is 12.7 Å². The Balaban J connectivity index is 2.47. The van der Waals surface area contributed by atoms with Crippen LogP contribution >= 0.6 is 0 Å². The number of nitrogens with zero attached hydrogens (tertiary/aromatic N) is 1. The van der Waals surface area contributed by atoms with E-state index in [0.717, 1.165) is 11.1 Å². The fraction of sp³-hybridized carbons (Fsp3) is 0.214. The Labute approximate surface area is 118 Å². The van der Waals surface area contributed by atoms with Crippen LogP contribution in [-0.4, -0.2) is 13.4 Å². The van der Waals surface area contributed by atoms with Gasteiger partial charge in [-0.3, -0.25) is 4.72 Å². The van der Waals surface area contributed by atoms with E-state index in [-0.39, 0.29) is 4.90 Å². The number of pyridine rings is 1. The molecule has 106 valence electrons. The van der Waals surface area contributed by atoms with Crippen LogP contribution in [0.5, 0.6) is 0 Å². The summed E-state index contributed by atoms with van der Waals surface area (Å²) >= 11 is 0. The molecule has 0 aliphatic rings. The Kier molecular flexibility index (Phi) is 4.06. The lowest BCUT2D eigenvalue weighted by Crippen LogP contribution is -2.16. The van der Waals surface area contributed by atoms with Crippen LogP contribution in [0, 0.1) is 13.8 Å². The average Bonchev–Trinajstić information content (AvgIpc) is 2.42. The van der Waals surface area contributed by atoms with Crippen molar-refractivity contribution in [3.8, 4) is 0 Å². The zero-order chi connectivity index (χ0) is 14.8. The summed E-state index contributed by atoms with van der Waals surface area (Å²) in [4.78, 5) is 4.21. The third-order valence-electron chi connectivity index (χ3n) is 3.11. The van der Waals surface area contributed by atoms with Crippen LogP contribution in [0.3, 0.4) is 0 Å². The second kappa shape index (κ2) is 5.60. The maximum absolute atomic E-state index is 12.5. The van der Waals surface area contributed by atoms with Crippen molar-refractivity contribution < 1.29 is 8.42 Å². The molecular weight excluding hydrogens is 274 g/mol. The molecule has 2 rings (SSSR count). The standard InChI is InChI=1S/C14H17N3O2S/c1-10-7-12(9-15)8-13(11(10)2)20(18,19)17-14-5-3-4-6-16-14/h3-8H,9,15H2,1-2H3,(H,16,17). The molecule has 0 atom stereocenters. The van der Waals surface area contributed by atoms with E-state index in [1.165, 1.54) is 6.20 Å². The van der Waals surface area contributed by atoms with Crippen molar-refractivity contribution in [2.75, 3.05) is 4.72 Å². The summed E-state index contributed by atoms with van der Waals surface area (Å²) < 4.78 is 27.4. The SMILES string of the molecule is Cc1cc(CN)cc(S(=O)(=O)Nc2ccccn2)c1C. The number of hydrogen-bond donors (Lipinski definition) is 2. The lowest BCUT2D eigenvalue weighted by molar-refractivity contribution is 0.600. The van der Waals surface area contributed by atoms with E-state index in [1.54, 1.807) is 31.2 Å². The van der Waals surface area contributed by atoms with Crippen molar-refractivity contribution in [1.82, 2.24) is 4.98 Å². The third kappa shape index (κ3) is 2.97. The monoisotopic (exact) mass is 291 g/mol. The van der Waals surface area contributed by atoms with Gasteiger partial charge in [0.2, 0.25) is 0 Å². The normalized spacial score (nSPS) is 11.3. The summed E-state index contributed by atoms with van der Waals surface area (Å²) in [6.45, 7) is 3.95. The van der Waals surface area contributed by atoms with Gasteiger partial charge in [0.15, 0.2) is 0 Å². The number of aryl methyl sites for hydroxylation is 1. The molecule has 20 heavy (non-hydrogen) atoms. The lowest BCUT2D eigenvalue weighted by Gasteiger charge is -2.13. The largest absolute Gasteiger partial charge is 0.326 e. The highest BCUT2D eigenvalue weighted by Crippen LogP contribution is 2.22. The Morgan fingerprint density at radius 1 is 1.25 bits per heavy atom. The first-order valence-electron chi connectivity index (χ1n) is 6.18. The number of benzene rings is 1. The molecule has 1 aromatic heterocycles. The molecule has 1 aromatic carbocycles. The predicted octanol–water partition coefficient (Wildman–Crippen LogP) is 1.96. The smallest absolute Gasteiger partial charge is 0.263 e. The Morgan fingerprint density at radius 3 is 2.60 bits per heavy atom. The zero-order valence-electron chi connectivity index (χ0n) is 11.4. The second-order valence-electron chi connectivity index (χ2n) is 4.56. The van der Waals surface area contributed by atoms with Gasteiger partial charge in [0.1, 0.15) is 5.82 Å². The van der Waals surface area contributed by atoms with Gasteiger partial charge < -0.3 is 5.73 Å². The van der Waals surface area contributed by atoms with E-state index in [1.807, 2.05) is 13.0 Å². The molecule has 0 fully saturated rings. The van der Waals surface area contributed by atoms with Gasteiger partial charge in [0.05, 0.1) is 4.90 Å². The zero-order valence-corrected chi connectivity index (χ0v) is 12.2. The van der Waals surface area contributed by atoms with Crippen molar-refractivity contribution in [2.45, 2.75) is 25.3 Å². The molecule has 2 aromatic rings. The highest BCUT2D eigenvalue weighted by Gasteiger charge is 2.19. The summed E-state index contributed by atoms with van der Waals surface area (Å²) in [6, 6.07) is 8.55. The van der Waals surface area contributed by atoms with Crippen molar-refractivity contribution in [1.29, 1.82) is 0 Å². The first-order chi connectivity index (χ1) is 9.44. The number of nitrogens with two attached hydrogens (primary N) is 1. The highest BCUT2D eigenvalue weighted by molar-refractivity contribution is 7.92. The van der Waals surface area contributed by atoms with Gasteiger partial charge in [-0.2, -0.15) is 0 Å². The van der Waals surface area contributed by atoms with E-state index in [9.17, 15) is 8.42 Å². The van der Waals surface area contributed by atoms with E-state index in [4.69, 9.17) is 5.73 Å². The lowest BCUT2D eigenvalue weighted by atomic mass is 10.1. The second-order valence-corrected chi connectivity index (χ2v) is 6.21. The Morgan fingerprint density at radius 2 is 2.00 bits per heavy atom. The molecule has 0 aliphatic carbocycles. The fourth-order valence-corrected chi connectivity index (χ4v) is 3.29. The molecule has 0 unspecified atom stereocenters. The van der Waals surface area contributed by atoms with Crippen LogP contribution < -0.4 is 10.5 Å². The number of sulfonamides is 1. The highest BCUT2D eigenvalue weighted by atomic mass is 32.2. The van der Waals surface area contributed by atoms with Crippen LogP contribution in [-0.2, 0) is 16.6 Å². The van der Waals surface area contributed by atoms with Crippen LogP contribution in [0.25, 0.3) is 0 Å². The first-order valence-corrected chi connectivity index (χ1v) is 7.66. The Bertz CT molecular complexity index is 713. The average molecular weight is 291 g/mol. The number of rotatable bonds is 4. The maximum Gasteiger partial charge on any atom is 0.263 e. The number of nitrogens with one attached hydrogen (secondary N) is 1. The van der Waals surface area contributed by atoms with Gasteiger partial charge in [-0.05, 0) is 48.7 Å². The van der Waals surface area contributed by atoms with Gasteiger partial charge in [-0.15, -0.1) is 0 Å². The van der Waals surface area contributed by atoms with Gasteiger partial charge >= 0.3 is 0 Å². The number of hydrogen-bond acceptors (Lipinski definition) is 4. The number of anilines is 1. The molecule has 0 aliphatic heterocycles. The molecule has 0 amide bonds. The Hall–Kier alpha value is -1.92. The van der Waals surface area contributed by atoms with Crippen LogP contribution in [0.4, 0.5) is 5.82 Å². The predicted molar refractivity (Wildman–Crippen MR) is 78.9 cm³/mol. The fourth-order valence-electron chi connectivity index (χ4n) is 1.91.